The maximum atomic E-state index is 12.7. The van der Waals surface area contributed by atoms with Gasteiger partial charge in [-0.25, -0.2) is 0 Å². The third kappa shape index (κ3) is 2.72. The molecule has 0 saturated heterocycles. The standard InChI is InChI=1S/C17H28N2O.ClH/c18-10-14-2-1-3-15(14)16(20)19-17-7-11-4-12(8-17)6-13(5-11)9-17;/h11-15H,1-10,18H2,(H,19,20);1H/t11?,12?,13?,14-,15-,17?;/m1./s1. The molecular weight excluding hydrogens is 284 g/mol. The van der Waals surface area contributed by atoms with Gasteiger partial charge in [0.2, 0.25) is 5.91 Å². The van der Waals surface area contributed by atoms with Crippen LogP contribution in [-0.4, -0.2) is 18.0 Å². The van der Waals surface area contributed by atoms with E-state index in [1.165, 1.54) is 44.9 Å². The highest BCUT2D eigenvalue weighted by Gasteiger charge is 2.52. The van der Waals surface area contributed by atoms with Gasteiger partial charge in [0.05, 0.1) is 0 Å². The van der Waals surface area contributed by atoms with Gasteiger partial charge in [-0.05, 0) is 81.6 Å². The Bertz CT molecular complexity index is 376. The summed E-state index contributed by atoms with van der Waals surface area (Å²) in [6.07, 6.45) is 11.5. The second-order valence-electron chi connectivity index (χ2n) is 8.22. The number of carbonyl (C=O) groups is 1. The number of rotatable bonds is 3. The maximum absolute atomic E-state index is 12.7. The van der Waals surface area contributed by atoms with E-state index in [9.17, 15) is 4.79 Å². The predicted molar refractivity (Wildman–Crippen MR) is 86.2 cm³/mol. The first-order chi connectivity index (χ1) is 9.67. The molecule has 0 radical (unpaired) electrons. The molecule has 0 heterocycles. The Morgan fingerprint density at radius 2 is 1.62 bits per heavy atom. The highest BCUT2D eigenvalue weighted by Crippen LogP contribution is 2.55. The normalized spacial score (nSPS) is 47.2. The van der Waals surface area contributed by atoms with E-state index in [0.717, 1.165) is 30.6 Å². The molecule has 0 aliphatic heterocycles. The second-order valence-corrected chi connectivity index (χ2v) is 8.22. The average Bonchev–Trinajstić information content (AvgIpc) is 2.84. The van der Waals surface area contributed by atoms with Crippen LogP contribution in [0.3, 0.4) is 0 Å². The van der Waals surface area contributed by atoms with Crippen LogP contribution in [0.2, 0.25) is 0 Å². The monoisotopic (exact) mass is 312 g/mol. The third-order valence-electron chi connectivity index (χ3n) is 6.73. The molecule has 2 atom stereocenters. The lowest BCUT2D eigenvalue weighted by molar-refractivity contribution is -0.131. The van der Waals surface area contributed by atoms with Crippen LogP contribution in [0.1, 0.15) is 57.8 Å². The van der Waals surface area contributed by atoms with Crippen LogP contribution >= 0.6 is 12.4 Å². The number of hydrogen-bond acceptors (Lipinski definition) is 2. The van der Waals surface area contributed by atoms with Crippen molar-refractivity contribution >= 4 is 18.3 Å². The largest absolute Gasteiger partial charge is 0.350 e. The molecule has 3 N–H and O–H groups in total. The van der Waals surface area contributed by atoms with Crippen LogP contribution in [0.25, 0.3) is 0 Å². The zero-order valence-electron chi connectivity index (χ0n) is 12.9. The molecule has 5 fully saturated rings. The summed E-state index contributed by atoms with van der Waals surface area (Å²) in [5.74, 6) is 3.66. The van der Waals surface area contributed by atoms with E-state index < -0.39 is 0 Å². The SMILES string of the molecule is Cl.NC[C@H]1CCC[C@H]1C(=O)NC12CC3CC(CC(C3)C1)C2. The van der Waals surface area contributed by atoms with E-state index in [0.29, 0.717) is 18.4 Å². The first kappa shape index (κ1) is 15.6. The van der Waals surface area contributed by atoms with Gasteiger partial charge in [-0.3, -0.25) is 4.79 Å². The molecule has 1 amide bonds. The molecule has 0 spiro atoms. The molecule has 5 aliphatic rings. The van der Waals surface area contributed by atoms with Crippen molar-refractivity contribution in [1.82, 2.24) is 5.32 Å². The maximum Gasteiger partial charge on any atom is 0.223 e. The fraction of sp³-hybridized carbons (Fsp3) is 0.941. The second kappa shape index (κ2) is 5.73. The highest BCUT2D eigenvalue weighted by atomic mass is 35.5. The predicted octanol–water partition coefficient (Wildman–Crippen LogP) is 2.87. The number of halogens is 1. The Hall–Kier alpha value is -0.280. The van der Waals surface area contributed by atoms with Crippen LogP contribution in [0, 0.1) is 29.6 Å². The van der Waals surface area contributed by atoms with Crippen molar-refractivity contribution < 1.29 is 4.79 Å². The van der Waals surface area contributed by atoms with E-state index in [-0.39, 0.29) is 23.9 Å². The van der Waals surface area contributed by atoms with E-state index in [2.05, 4.69) is 5.32 Å². The van der Waals surface area contributed by atoms with E-state index in [1.807, 2.05) is 0 Å². The van der Waals surface area contributed by atoms with Gasteiger partial charge in [0.1, 0.15) is 0 Å². The van der Waals surface area contributed by atoms with Gasteiger partial charge in [-0.1, -0.05) is 6.42 Å². The Labute approximate surface area is 134 Å². The molecule has 5 aliphatic carbocycles. The lowest BCUT2D eigenvalue weighted by Gasteiger charge is -2.57. The van der Waals surface area contributed by atoms with Crippen molar-refractivity contribution in [2.45, 2.75) is 63.3 Å². The summed E-state index contributed by atoms with van der Waals surface area (Å²) in [7, 11) is 0. The molecule has 0 unspecified atom stereocenters. The first-order valence-electron chi connectivity index (χ1n) is 8.69. The van der Waals surface area contributed by atoms with Crippen molar-refractivity contribution in [3.05, 3.63) is 0 Å². The minimum Gasteiger partial charge on any atom is -0.350 e. The molecule has 0 aromatic rings. The Balaban J connectivity index is 0.00000132. The van der Waals surface area contributed by atoms with Crippen molar-refractivity contribution in [2.75, 3.05) is 6.54 Å². The summed E-state index contributed by atoms with van der Waals surface area (Å²) in [6.45, 7) is 0.680. The highest BCUT2D eigenvalue weighted by molar-refractivity contribution is 5.85. The van der Waals surface area contributed by atoms with Crippen molar-refractivity contribution in [2.24, 2.45) is 35.3 Å². The number of amides is 1. The number of hydrogen-bond donors (Lipinski definition) is 2. The minimum atomic E-state index is 0. The Kier molecular flexibility index (Phi) is 4.26. The molecule has 4 heteroatoms. The Morgan fingerprint density at radius 1 is 1.05 bits per heavy atom. The number of carbonyl (C=O) groups excluding carboxylic acids is 1. The molecular formula is C17H29ClN2O. The summed E-state index contributed by atoms with van der Waals surface area (Å²) in [5, 5.41) is 3.54. The molecule has 4 bridgehead atoms. The van der Waals surface area contributed by atoms with Crippen molar-refractivity contribution in [3.63, 3.8) is 0 Å². The van der Waals surface area contributed by atoms with E-state index in [4.69, 9.17) is 5.73 Å². The molecule has 5 saturated carbocycles. The molecule has 0 aromatic carbocycles. The molecule has 0 aromatic heterocycles. The van der Waals surface area contributed by atoms with Gasteiger partial charge < -0.3 is 11.1 Å². The minimum absolute atomic E-state index is 0. The molecule has 21 heavy (non-hydrogen) atoms. The van der Waals surface area contributed by atoms with Gasteiger partial charge in [0.25, 0.3) is 0 Å². The van der Waals surface area contributed by atoms with Crippen molar-refractivity contribution in [3.8, 4) is 0 Å². The van der Waals surface area contributed by atoms with Crippen LogP contribution in [-0.2, 0) is 4.79 Å². The fourth-order valence-electron chi connectivity index (χ4n) is 6.28. The summed E-state index contributed by atoms with van der Waals surface area (Å²) >= 11 is 0. The number of nitrogens with two attached hydrogens (primary N) is 1. The molecule has 3 nitrogen and oxygen atoms in total. The van der Waals surface area contributed by atoms with Crippen LogP contribution in [0.4, 0.5) is 0 Å². The average molecular weight is 313 g/mol. The first-order valence-corrected chi connectivity index (χ1v) is 8.69. The van der Waals surface area contributed by atoms with E-state index in [1.54, 1.807) is 0 Å². The van der Waals surface area contributed by atoms with Crippen molar-refractivity contribution in [1.29, 1.82) is 0 Å². The summed E-state index contributed by atoms with van der Waals surface area (Å²) in [4.78, 5) is 12.7. The fourth-order valence-corrected chi connectivity index (χ4v) is 6.28. The van der Waals surface area contributed by atoms with Gasteiger partial charge in [-0.15, -0.1) is 12.4 Å². The summed E-state index contributed by atoms with van der Waals surface area (Å²) in [6, 6.07) is 0. The van der Waals surface area contributed by atoms with Gasteiger partial charge in [0.15, 0.2) is 0 Å². The summed E-state index contributed by atoms with van der Waals surface area (Å²) < 4.78 is 0. The smallest absolute Gasteiger partial charge is 0.223 e. The zero-order chi connectivity index (χ0) is 13.7. The van der Waals surface area contributed by atoms with Gasteiger partial charge in [0, 0.05) is 11.5 Å². The molecule has 5 rings (SSSR count). The van der Waals surface area contributed by atoms with Crippen LogP contribution in [0.5, 0.6) is 0 Å². The van der Waals surface area contributed by atoms with Gasteiger partial charge in [-0.2, -0.15) is 0 Å². The van der Waals surface area contributed by atoms with Gasteiger partial charge >= 0.3 is 0 Å². The topological polar surface area (TPSA) is 55.1 Å². The lowest BCUT2D eigenvalue weighted by Crippen LogP contribution is -2.61. The molecule has 120 valence electrons. The van der Waals surface area contributed by atoms with E-state index >= 15 is 0 Å². The zero-order valence-corrected chi connectivity index (χ0v) is 13.7. The lowest BCUT2D eigenvalue weighted by atomic mass is 9.53. The van der Waals surface area contributed by atoms with Crippen LogP contribution in [0.15, 0.2) is 0 Å². The Morgan fingerprint density at radius 3 is 2.14 bits per heavy atom. The quantitative estimate of drug-likeness (QED) is 0.842. The third-order valence-corrected chi connectivity index (χ3v) is 6.73. The summed E-state index contributed by atoms with van der Waals surface area (Å²) in [5.41, 5.74) is 6.02. The van der Waals surface area contributed by atoms with Crippen LogP contribution < -0.4 is 11.1 Å². The number of nitrogens with one attached hydrogen (secondary N) is 1.